The van der Waals surface area contributed by atoms with Gasteiger partial charge in [-0.25, -0.2) is 23.1 Å². The van der Waals surface area contributed by atoms with Gasteiger partial charge in [0.2, 0.25) is 5.78 Å². The summed E-state index contributed by atoms with van der Waals surface area (Å²) in [6, 6.07) is 1.42. The predicted molar refractivity (Wildman–Crippen MR) is 93.7 cm³/mol. The van der Waals surface area contributed by atoms with Crippen molar-refractivity contribution in [1.82, 2.24) is 14.4 Å². The number of rotatable bonds is 2. The fraction of sp³-hybridized carbons (Fsp3) is 0.368. The smallest absolute Gasteiger partial charge is 0.235 e. The van der Waals surface area contributed by atoms with Crippen LogP contribution >= 0.6 is 0 Å². The minimum Gasteiger partial charge on any atom is -0.357 e. The summed E-state index contributed by atoms with van der Waals surface area (Å²) in [5, 5.41) is 0. The van der Waals surface area contributed by atoms with Gasteiger partial charge in [-0.05, 0) is 19.8 Å². The van der Waals surface area contributed by atoms with Crippen LogP contribution in [0, 0.1) is 24.4 Å². The van der Waals surface area contributed by atoms with E-state index in [0.29, 0.717) is 35.0 Å². The van der Waals surface area contributed by atoms with Gasteiger partial charge in [0.25, 0.3) is 0 Å². The molecule has 3 aromatic rings. The van der Waals surface area contributed by atoms with Crippen LogP contribution in [0.2, 0.25) is 0 Å². The largest absolute Gasteiger partial charge is 0.357 e. The Bertz CT molecular complexity index is 936. The lowest BCUT2D eigenvalue weighted by atomic mass is 10.0. The minimum atomic E-state index is -0.936. The predicted octanol–water partition coefficient (Wildman–Crippen LogP) is 4.50. The van der Waals surface area contributed by atoms with Gasteiger partial charge in [0.1, 0.15) is 23.3 Å². The maximum Gasteiger partial charge on any atom is 0.235 e. The molecule has 2 aromatic heterocycles. The number of anilines is 1. The number of aryl methyl sites for hydroxylation is 1. The summed E-state index contributed by atoms with van der Waals surface area (Å²) in [4.78, 5) is 10.8. The van der Waals surface area contributed by atoms with Crippen molar-refractivity contribution in [1.29, 1.82) is 0 Å². The molecular weight excluding hydrogens is 341 g/mol. The highest BCUT2D eigenvalue weighted by molar-refractivity contribution is 5.80. The van der Waals surface area contributed by atoms with Crippen molar-refractivity contribution in [3.8, 4) is 11.1 Å². The van der Waals surface area contributed by atoms with E-state index in [1.807, 2.05) is 0 Å². The molecule has 4 rings (SSSR count). The van der Waals surface area contributed by atoms with Crippen molar-refractivity contribution >= 4 is 11.6 Å². The van der Waals surface area contributed by atoms with Crippen LogP contribution in [0.4, 0.5) is 19.0 Å². The Hall–Kier alpha value is -2.57. The second-order valence-electron chi connectivity index (χ2n) is 6.64. The van der Waals surface area contributed by atoms with Crippen molar-refractivity contribution in [3.05, 3.63) is 47.7 Å². The highest BCUT2D eigenvalue weighted by Gasteiger charge is 2.26. The van der Waals surface area contributed by atoms with Crippen molar-refractivity contribution in [2.24, 2.45) is 0 Å². The molecule has 0 radical (unpaired) electrons. The lowest BCUT2D eigenvalue weighted by Crippen LogP contribution is -2.27. The average molecular weight is 360 g/mol. The van der Waals surface area contributed by atoms with E-state index >= 15 is 0 Å². The van der Waals surface area contributed by atoms with Gasteiger partial charge in [-0.3, -0.25) is 4.40 Å². The van der Waals surface area contributed by atoms with Gasteiger partial charge < -0.3 is 4.90 Å². The van der Waals surface area contributed by atoms with Crippen LogP contribution < -0.4 is 4.90 Å². The molecule has 0 spiro atoms. The fourth-order valence-corrected chi connectivity index (χ4v) is 3.70. The Morgan fingerprint density at radius 3 is 2.23 bits per heavy atom. The van der Waals surface area contributed by atoms with E-state index in [1.54, 1.807) is 23.7 Å². The first-order valence-electron chi connectivity index (χ1n) is 8.80. The molecule has 0 saturated carbocycles. The first kappa shape index (κ1) is 16.9. The van der Waals surface area contributed by atoms with Crippen molar-refractivity contribution < 1.29 is 13.2 Å². The highest BCUT2D eigenvalue weighted by Crippen LogP contribution is 2.38. The second-order valence-corrected chi connectivity index (χ2v) is 6.64. The zero-order valence-electron chi connectivity index (χ0n) is 14.5. The number of imidazole rings is 1. The Labute approximate surface area is 149 Å². The van der Waals surface area contributed by atoms with E-state index in [4.69, 9.17) is 0 Å². The fourth-order valence-electron chi connectivity index (χ4n) is 3.70. The van der Waals surface area contributed by atoms with Gasteiger partial charge in [-0.2, -0.15) is 0 Å². The van der Waals surface area contributed by atoms with E-state index in [2.05, 4.69) is 14.9 Å². The SMILES string of the molecule is Cc1nc2nccn2c(N2CCCCCC2)c1-c1c(F)cc(F)cc1F. The van der Waals surface area contributed by atoms with E-state index in [1.165, 1.54) is 0 Å². The molecule has 0 N–H and O–H groups in total. The maximum atomic E-state index is 14.6. The standard InChI is InChI=1S/C19H19F3N4/c1-12-16(17-14(21)10-13(20)11-15(17)22)18(25-7-4-2-3-5-8-25)26-9-6-23-19(26)24-12/h6,9-11H,2-5,7-8H2,1H3. The molecule has 3 heterocycles. The van der Waals surface area contributed by atoms with Gasteiger partial charge >= 0.3 is 0 Å². The highest BCUT2D eigenvalue weighted by atomic mass is 19.1. The van der Waals surface area contributed by atoms with Crippen molar-refractivity contribution in [3.63, 3.8) is 0 Å². The van der Waals surface area contributed by atoms with Gasteiger partial charge in [-0.15, -0.1) is 0 Å². The van der Waals surface area contributed by atoms with E-state index < -0.39 is 17.5 Å². The van der Waals surface area contributed by atoms with Gasteiger partial charge in [0.05, 0.1) is 16.8 Å². The number of halogens is 3. The molecule has 7 heteroatoms. The van der Waals surface area contributed by atoms with Crippen molar-refractivity contribution in [2.75, 3.05) is 18.0 Å². The molecule has 0 aliphatic carbocycles. The van der Waals surface area contributed by atoms with Gasteiger partial charge in [-0.1, -0.05) is 12.8 Å². The average Bonchev–Trinajstić information content (AvgIpc) is 2.87. The Kier molecular flexibility index (Phi) is 4.30. The molecule has 1 aromatic carbocycles. The number of nitrogens with zero attached hydrogens (tertiary/aromatic N) is 4. The number of benzene rings is 1. The normalized spacial score (nSPS) is 15.5. The zero-order chi connectivity index (χ0) is 18.3. The zero-order valence-corrected chi connectivity index (χ0v) is 14.5. The van der Waals surface area contributed by atoms with Crippen LogP contribution in [-0.2, 0) is 0 Å². The molecule has 136 valence electrons. The monoisotopic (exact) mass is 360 g/mol. The molecule has 1 fully saturated rings. The Morgan fingerprint density at radius 1 is 0.923 bits per heavy atom. The van der Waals surface area contributed by atoms with Gasteiger partial charge in [0.15, 0.2) is 0 Å². The molecule has 26 heavy (non-hydrogen) atoms. The molecule has 0 amide bonds. The second kappa shape index (κ2) is 6.63. The number of aromatic nitrogens is 3. The summed E-state index contributed by atoms with van der Waals surface area (Å²) in [5.74, 6) is -1.65. The summed E-state index contributed by atoms with van der Waals surface area (Å²) in [5.41, 5.74) is 0.575. The lowest BCUT2D eigenvalue weighted by Gasteiger charge is -2.27. The maximum absolute atomic E-state index is 14.6. The number of fused-ring (bicyclic) bond motifs is 1. The lowest BCUT2D eigenvalue weighted by molar-refractivity contribution is 0.547. The van der Waals surface area contributed by atoms with Crippen LogP contribution in [0.5, 0.6) is 0 Å². The molecule has 0 unspecified atom stereocenters. The number of hydrogen-bond acceptors (Lipinski definition) is 3. The molecular formula is C19H19F3N4. The minimum absolute atomic E-state index is 0.244. The summed E-state index contributed by atoms with van der Waals surface area (Å²) < 4.78 is 44.3. The summed E-state index contributed by atoms with van der Waals surface area (Å²) in [7, 11) is 0. The van der Waals surface area contributed by atoms with Crippen LogP contribution in [-0.4, -0.2) is 27.5 Å². The summed E-state index contributed by atoms with van der Waals surface area (Å²) >= 11 is 0. The molecule has 1 aliphatic rings. The van der Waals surface area contributed by atoms with Crippen LogP contribution in [0.3, 0.4) is 0 Å². The van der Waals surface area contributed by atoms with Crippen LogP contribution in [0.25, 0.3) is 16.9 Å². The molecule has 4 nitrogen and oxygen atoms in total. The molecule has 1 saturated heterocycles. The van der Waals surface area contributed by atoms with Crippen molar-refractivity contribution in [2.45, 2.75) is 32.6 Å². The first-order chi connectivity index (χ1) is 12.6. The Balaban J connectivity index is 2.03. The third-order valence-corrected chi connectivity index (χ3v) is 4.86. The first-order valence-corrected chi connectivity index (χ1v) is 8.80. The molecule has 0 bridgehead atoms. The summed E-state index contributed by atoms with van der Waals surface area (Å²) in [6.07, 6.45) is 7.62. The Morgan fingerprint density at radius 2 is 1.58 bits per heavy atom. The van der Waals surface area contributed by atoms with E-state index in [0.717, 1.165) is 38.8 Å². The van der Waals surface area contributed by atoms with Crippen LogP contribution in [0.15, 0.2) is 24.5 Å². The molecule has 0 atom stereocenters. The number of hydrogen-bond donors (Lipinski definition) is 0. The summed E-state index contributed by atoms with van der Waals surface area (Å²) in [6.45, 7) is 3.27. The third-order valence-electron chi connectivity index (χ3n) is 4.86. The van der Waals surface area contributed by atoms with E-state index in [9.17, 15) is 13.2 Å². The quantitative estimate of drug-likeness (QED) is 0.675. The van der Waals surface area contributed by atoms with Gasteiger partial charge in [0, 0.05) is 37.6 Å². The molecule has 1 aliphatic heterocycles. The van der Waals surface area contributed by atoms with E-state index in [-0.39, 0.29) is 5.56 Å². The van der Waals surface area contributed by atoms with Crippen LogP contribution in [0.1, 0.15) is 31.4 Å². The third kappa shape index (κ3) is 2.81. The topological polar surface area (TPSA) is 33.4 Å².